The molecule has 1 aromatic carbocycles. The van der Waals surface area contributed by atoms with Gasteiger partial charge in [0.1, 0.15) is 5.75 Å². The van der Waals surface area contributed by atoms with Crippen LogP contribution in [0.1, 0.15) is 5.56 Å². The van der Waals surface area contributed by atoms with Gasteiger partial charge in [0.25, 0.3) is 5.56 Å². The second kappa shape index (κ2) is 4.59. The van der Waals surface area contributed by atoms with Crippen molar-refractivity contribution in [2.75, 3.05) is 14.2 Å². The van der Waals surface area contributed by atoms with Crippen LogP contribution in [0.2, 0.25) is 0 Å². The predicted octanol–water partition coefficient (Wildman–Crippen LogP) is 1.27. The van der Waals surface area contributed by atoms with E-state index in [1.807, 2.05) is 31.3 Å². The number of benzene rings is 1. The fourth-order valence-corrected chi connectivity index (χ4v) is 1.97. The van der Waals surface area contributed by atoms with E-state index in [0.29, 0.717) is 6.54 Å². The first-order valence-corrected chi connectivity index (χ1v) is 5.48. The Balaban J connectivity index is 2.72. The molecule has 0 bridgehead atoms. The van der Waals surface area contributed by atoms with Gasteiger partial charge >= 0.3 is 0 Å². The van der Waals surface area contributed by atoms with Gasteiger partial charge in [0.05, 0.1) is 12.6 Å². The number of aryl methyl sites for hydroxylation is 1. The fraction of sp³-hybridized carbons (Fsp3) is 0.308. The summed E-state index contributed by atoms with van der Waals surface area (Å²) in [5.74, 6) is 0.798. The molecule has 0 radical (unpaired) electrons. The van der Waals surface area contributed by atoms with Crippen molar-refractivity contribution >= 4 is 10.9 Å². The Kier molecular flexibility index (Phi) is 3.15. The fourth-order valence-electron chi connectivity index (χ4n) is 1.97. The summed E-state index contributed by atoms with van der Waals surface area (Å²) >= 11 is 0. The summed E-state index contributed by atoms with van der Waals surface area (Å²) in [4.78, 5) is 12.0. The molecule has 0 aliphatic carbocycles. The third-order valence-corrected chi connectivity index (χ3v) is 2.87. The van der Waals surface area contributed by atoms with Crippen molar-refractivity contribution in [3.63, 3.8) is 0 Å². The molecule has 0 saturated carbocycles. The lowest BCUT2D eigenvalue weighted by atomic mass is 10.1. The lowest BCUT2D eigenvalue weighted by Crippen LogP contribution is -2.24. The number of pyridine rings is 1. The minimum absolute atomic E-state index is 0.0389. The zero-order valence-electron chi connectivity index (χ0n) is 10.3. The number of rotatable bonds is 3. The second-order valence-electron chi connectivity index (χ2n) is 3.99. The summed E-state index contributed by atoms with van der Waals surface area (Å²) < 4.78 is 6.86. The van der Waals surface area contributed by atoms with Crippen LogP contribution in [0, 0.1) is 0 Å². The van der Waals surface area contributed by atoms with E-state index < -0.39 is 0 Å². The Morgan fingerprint density at radius 2 is 2.12 bits per heavy atom. The van der Waals surface area contributed by atoms with Crippen molar-refractivity contribution < 1.29 is 4.74 Å². The third kappa shape index (κ3) is 2.03. The molecule has 4 heteroatoms. The summed E-state index contributed by atoms with van der Waals surface area (Å²) in [5.41, 5.74) is 1.71. The number of fused-ring (bicyclic) bond motifs is 1. The highest BCUT2D eigenvalue weighted by Crippen LogP contribution is 2.19. The summed E-state index contributed by atoms with van der Waals surface area (Å²) in [6.45, 7) is 0.569. The van der Waals surface area contributed by atoms with Gasteiger partial charge < -0.3 is 14.6 Å². The summed E-state index contributed by atoms with van der Waals surface area (Å²) in [6, 6.07) is 7.61. The van der Waals surface area contributed by atoms with Crippen molar-refractivity contribution in [3.05, 3.63) is 40.2 Å². The number of hydrogen-bond donors (Lipinski definition) is 1. The van der Waals surface area contributed by atoms with Crippen molar-refractivity contribution in [1.29, 1.82) is 0 Å². The summed E-state index contributed by atoms with van der Waals surface area (Å²) in [6.07, 6.45) is 0. The molecule has 2 rings (SSSR count). The lowest BCUT2D eigenvalue weighted by molar-refractivity contribution is 0.415. The number of ether oxygens (including phenoxy) is 1. The Morgan fingerprint density at radius 1 is 1.35 bits per heavy atom. The van der Waals surface area contributed by atoms with Crippen LogP contribution in [0.3, 0.4) is 0 Å². The second-order valence-corrected chi connectivity index (χ2v) is 3.99. The molecule has 1 N–H and O–H groups in total. The molecule has 1 aromatic heterocycles. The smallest absolute Gasteiger partial charge is 0.255 e. The average Bonchev–Trinajstić information content (AvgIpc) is 2.35. The maximum absolute atomic E-state index is 12.0. The summed E-state index contributed by atoms with van der Waals surface area (Å²) in [7, 11) is 5.25. The standard InChI is InChI=1S/C13H16N2O2/c1-14-8-10-6-9-7-11(17-3)4-5-12(9)15(2)13(10)16/h4-7,14H,8H2,1-3H3. The number of methoxy groups -OCH3 is 1. The first kappa shape index (κ1) is 11.7. The van der Waals surface area contributed by atoms with Gasteiger partial charge in [-0.2, -0.15) is 0 Å². The highest BCUT2D eigenvalue weighted by atomic mass is 16.5. The van der Waals surface area contributed by atoms with Gasteiger partial charge in [0.15, 0.2) is 0 Å². The van der Waals surface area contributed by atoms with Crippen molar-refractivity contribution in [2.24, 2.45) is 7.05 Å². The monoisotopic (exact) mass is 232 g/mol. The SMILES string of the molecule is CNCc1cc2cc(OC)ccc2n(C)c1=O. The minimum Gasteiger partial charge on any atom is -0.497 e. The zero-order chi connectivity index (χ0) is 12.4. The van der Waals surface area contributed by atoms with Crippen LogP contribution in [0.25, 0.3) is 10.9 Å². The van der Waals surface area contributed by atoms with E-state index in [9.17, 15) is 4.79 Å². The first-order valence-electron chi connectivity index (χ1n) is 5.48. The van der Waals surface area contributed by atoms with E-state index >= 15 is 0 Å². The van der Waals surface area contributed by atoms with Crippen molar-refractivity contribution in [3.8, 4) is 5.75 Å². The normalized spacial score (nSPS) is 10.8. The van der Waals surface area contributed by atoms with Crippen LogP contribution in [-0.4, -0.2) is 18.7 Å². The highest BCUT2D eigenvalue weighted by molar-refractivity contribution is 5.81. The highest BCUT2D eigenvalue weighted by Gasteiger charge is 2.06. The Bertz CT molecular complexity index is 602. The van der Waals surface area contributed by atoms with Crippen molar-refractivity contribution in [1.82, 2.24) is 9.88 Å². The third-order valence-electron chi connectivity index (χ3n) is 2.87. The number of aromatic nitrogens is 1. The van der Waals surface area contributed by atoms with Crippen LogP contribution in [-0.2, 0) is 13.6 Å². The van der Waals surface area contributed by atoms with Crippen LogP contribution in [0.5, 0.6) is 5.75 Å². The first-order chi connectivity index (χ1) is 8.17. The molecule has 0 saturated heterocycles. The van der Waals surface area contributed by atoms with E-state index in [1.54, 1.807) is 18.7 Å². The molecular formula is C13H16N2O2. The van der Waals surface area contributed by atoms with Crippen LogP contribution < -0.4 is 15.6 Å². The Hall–Kier alpha value is -1.81. The van der Waals surface area contributed by atoms with Gasteiger partial charge in [0, 0.05) is 24.5 Å². The molecule has 0 aliphatic rings. The molecule has 0 atom stereocenters. The molecule has 0 unspecified atom stereocenters. The molecule has 0 fully saturated rings. The molecule has 17 heavy (non-hydrogen) atoms. The molecule has 2 aromatic rings. The van der Waals surface area contributed by atoms with Crippen LogP contribution in [0.4, 0.5) is 0 Å². The Morgan fingerprint density at radius 3 is 2.76 bits per heavy atom. The van der Waals surface area contributed by atoms with Gasteiger partial charge in [-0.25, -0.2) is 0 Å². The number of nitrogens with zero attached hydrogens (tertiary/aromatic N) is 1. The van der Waals surface area contributed by atoms with E-state index in [4.69, 9.17) is 4.74 Å². The van der Waals surface area contributed by atoms with E-state index in [2.05, 4.69) is 5.32 Å². The number of hydrogen-bond acceptors (Lipinski definition) is 3. The predicted molar refractivity (Wildman–Crippen MR) is 68.5 cm³/mol. The lowest BCUT2D eigenvalue weighted by Gasteiger charge is -2.09. The molecular weight excluding hydrogens is 216 g/mol. The van der Waals surface area contributed by atoms with Crippen LogP contribution in [0.15, 0.2) is 29.1 Å². The van der Waals surface area contributed by atoms with Gasteiger partial charge in [0.2, 0.25) is 0 Å². The molecule has 0 amide bonds. The van der Waals surface area contributed by atoms with E-state index in [-0.39, 0.29) is 5.56 Å². The average molecular weight is 232 g/mol. The van der Waals surface area contributed by atoms with Crippen LogP contribution >= 0.6 is 0 Å². The maximum Gasteiger partial charge on any atom is 0.255 e. The summed E-state index contributed by atoms with van der Waals surface area (Å²) in [5, 5.41) is 4.01. The van der Waals surface area contributed by atoms with Crippen molar-refractivity contribution in [2.45, 2.75) is 6.54 Å². The van der Waals surface area contributed by atoms with E-state index in [0.717, 1.165) is 22.2 Å². The zero-order valence-corrected chi connectivity index (χ0v) is 10.3. The van der Waals surface area contributed by atoms with Gasteiger partial charge in [-0.3, -0.25) is 4.79 Å². The van der Waals surface area contributed by atoms with Gasteiger partial charge in [-0.05, 0) is 31.3 Å². The molecule has 1 heterocycles. The van der Waals surface area contributed by atoms with Gasteiger partial charge in [-0.1, -0.05) is 0 Å². The quantitative estimate of drug-likeness (QED) is 0.866. The molecule has 90 valence electrons. The molecule has 4 nitrogen and oxygen atoms in total. The number of nitrogens with one attached hydrogen (secondary N) is 1. The molecule has 0 spiro atoms. The van der Waals surface area contributed by atoms with E-state index in [1.165, 1.54) is 0 Å². The largest absolute Gasteiger partial charge is 0.497 e. The van der Waals surface area contributed by atoms with Gasteiger partial charge in [-0.15, -0.1) is 0 Å². The maximum atomic E-state index is 12.0. The Labute approximate surface area is 99.8 Å². The molecule has 0 aliphatic heterocycles. The topological polar surface area (TPSA) is 43.3 Å². The minimum atomic E-state index is 0.0389.